The Morgan fingerprint density at radius 3 is 2.14 bits per heavy atom. The lowest BCUT2D eigenvalue weighted by Gasteiger charge is -2.22. The standard InChI is InChI=1S/C27H46O2/c1-5-26(2,3)18-12-8-6-10-14-22-16-17-24(28)23(25(22)29)15-11-7-9-13-19-27(4)20-21-27/h16-17,28-29H,5-15,18-21H2,1-4H3. The lowest BCUT2D eigenvalue weighted by atomic mass is 9.84. The van der Waals surface area contributed by atoms with Crippen LogP contribution in [0.25, 0.3) is 0 Å². The molecule has 166 valence electrons. The summed E-state index contributed by atoms with van der Waals surface area (Å²) in [6, 6.07) is 3.69. The summed E-state index contributed by atoms with van der Waals surface area (Å²) in [5.41, 5.74) is 2.91. The average Bonchev–Trinajstić information content (AvgIpc) is 3.42. The number of aryl methyl sites for hydroxylation is 1. The number of phenols is 2. The zero-order valence-corrected chi connectivity index (χ0v) is 19.7. The van der Waals surface area contributed by atoms with E-state index in [0.717, 1.165) is 36.8 Å². The molecule has 0 bridgehead atoms. The summed E-state index contributed by atoms with van der Waals surface area (Å²) in [5, 5.41) is 20.9. The molecular formula is C27H46O2. The topological polar surface area (TPSA) is 40.5 Å². The Morgan fingerprint density at radius 1 is 0.862 bits per heavy atom. The molecule has 0 amide bonds. The van der Waals surface area contributed by atoms with Crippen LogP contribution in [0.3, 0.4) is 0 Å². The summed E-state index contributed by atoms with van der Waals surface area (Å²) < 4.78 is 0. The maximum atomic E-state index is 10.7. The number of hydrogen-bond donors (Lipinski definition) is 2. The largest absolute Gasteiger partial charge is 0.508 e. The number of aromatic hydroxyl groups is 2. The maximum absolute atomic E-state index is 10.7. The molecule has 2 rings (SSSR count). The van der Waals surface area contributed by atoms with Gasteiger partial charge < -0.3 is 10.2 Å². The van der Waals surface area contributed by atoms with Crippen molar-refractivity contribution in [2.24, 2.45) is 10.8 Å². The van der Waals surface area contributed by atoms with E-state index in [1.807, 2.05) is 6.07 Å². The molecule has 1 fully saturated rings. The second-order valence-corrected chi connectivity index (χ2v) is 10.7. The third-order valence-electron chi connectivity index (χ3n) is 7.41. The van der Waals surface area contributed by atoms with Crippen LogP contribution in [0.5, 0.6) is 11.5 Å². The Morgan fingerprint density at radius 2 is 1.48 bits per heavy atom. The van der Waals surface area contributed by atoms with Gasteiger partial charge in [0.2, 0.25) is 0 Å². The molecule has 2 nitrogen and oxygen atoms in total. The van der Waals surface area contributed by atoms with Crippen molar-refractivity contribution in [2.75, 3.05) is 0 Å². The average molecular weight is 403 g/mol. The van der Waals surface area contributed by atoms with E-state index in [9.17, 15) is 10.2 Å². The van der Waals surface area contributed by atoms with E-state index in [1.165, 1.54) is 70.6 Å². The molecule has 0 saturated heterocycles. The van der Waals surface area contributed by atoms with Gasteiger partial charge in [0.1, 0.15) is 11.5 Å². The van der Waals surface area contributed by atoms with Crippen LogP contribution in [0, 0.1) is 10.8 Å². The minimum absolute atomic E-state index is 0.263. The van der Waals surface area contributed by atoms with Gasteiger partial charge in [-0.1, -0.05) is 78.7 Å². The van der Waals surface area contributed by atoms with Gasteiger partial charge >= 0.3 is 0 Å². The van der Waals surface area contributed by atoms with Crippen molar-refractivity contribution >= 4 is 0 Å². The zero-order valence-electron chi connectivity index (χ0n) is 19.7. The molecule has 1 aliphatic rings. The molecule has 2 N–H and O–H groups in total. The van der Waals surface area contributed by atoms with Crippen LogP contribution in [0.2, 0.25) is 0 Å². The quantitative estimate of drug-likeness (QED) is 0.289. The van der Waals surface area contributed by atoms with Crippen LogP contribution in [-0.4, -0.2) is 10.2 Å². The molecule has 0 unspecified atom stereocenters. The van der Waals surface area contributed by atoms with Crippen molar-refractivity contribution in [1.29, 1.82) is 0 Å². The van der Waals surface area contributed by atoms with Gasteiger partial charge in [-0.2, -0.15) is 0 Å². The normalized spacial score (nSPS) is 15.6. The van der Waals surface area contributed by atoms with Crippen LogP contribution in [0.4, 0.5) is 0 Å². The summed E-state index contributed by atoms with van der Waals surface area (Å²) in [4.78, 5) is 0. The van der Waals surface area contributed by atoms with Gasteiger partial charge in [0.15, 0.2) is 0 Å². The van der Waals surface area contributed by atoms with Crippen molar-refractivity contribution in [2.45, 2.75) is 124 Å². The molecule has 1 aromatic carbocycles. The second-order valence-electron chi connectivity index (χ2n) is 10.7. The van der Waals surface area contributed by atoms with Crippen LogP contribution < -0.4 is 0 Å². The van der Waals surface area contributed by atoms with Crippen LogP contribution in [0.15, 0.2) is 12.1 Å². The van der Waals surface area contributed by atoms with Crippen molar-refractivity contribution in [3.8, 4) is 11.5 Å². The third-order valence-corrected chi connectivity index (χ3v) is 7.41. The fraction of sp³-hybridized carbons (Fsp3) is 0.778. The second kappa shape index (κ2) is 11.3. The highest BCUT2D eigenvalue weighted by molar-refractivity contribution is 5.48. The molecule has 0 spiro atoms. The monoisotopic (exact) mass is 402 g/mol. The van der Waals surface area contributed by atoms with Gasteiger partial charge in [0.25, 0.3) is 0 Å². The fourth-order valence-corrected chi connectivity index (χ4v) is 4.24. The van der Waals surface area contributed by atoms with Gasteiger partial charge in [-0.15, -0.1) is 0 Å². The van der Waals surface area contributed by atoms with Gasteiger partial charge in [-0.25, -0.2) is 0 Å². The number of unbranched alkanes of at least 4 members (excludes halogenated alkanes) is 6. The molecule has 0 heterocycles. The van der Waals surface area contributed by atoms with Crippen molar-refractivity contribution < 1.29 is 10.2 Å². The molecule has 29 heavy (non-hydrogen) atoms. The van der Waals surface area contributed by atoms with E-state index in [1.54, 1.807) is 6.07 Å². The number of rotatable bonds is 15. The number of hydrogen-bond acceptors (Lipinski definition) is 2. The first-order valence-corrected chi connectivity index (χ1v) is 12.3. The lowest BCUT2D eigenvalue weighted by molar-refractivity contribution is 0.307. The maximum Gasteiger partial charge on any atom is 0.125 e. The molecule has 0 radical (unpaired) electrons. The minimum atomic E-state index is 0.263. The Kier molecular flexibility index (Phi) is 9.37. The molecule has 1 aromatic rings. The SMILES string of the molecule is CCC(C)(C)CCCCCCc1ccc(O)c(CCCCCCC2(C)CC2)c1O. The van der Waals surface area contributed by atoms with Gasteiger partial charge in [0, 0.05) is 5.56 Å². The third kappa shape index (κ3) is 8.60. The van der Waals surface area contributed by atoms with E-state index in [0.29, 0.717) is 16.6 Å². The predicted octanol–water partition coefficient (Wildman–Crippen LogP) is 8.32. The predicted molar refractivity (Wildman–Crippen MR) is 125 cm³/mol. The Bertz CT molecular complexity index is 613. The van der Waals surface area contributed by atoms with E-state index < -0.39 is 0 Å². The Labute approximate surface area is 180 Å². The van der Waals surface area contributed by atoms with E-state index in [-0.39, 0.29) is 5.75 Å². The summed E-state index contributed by atoms with van der Waals surface area (Å²) in [6.45, 7) is 9.40. The molecule has 2 heteroatoms. The van der Waals surface area contributed by atoms with E-state index >= 15 is 0 Å². The summed E-state index contributed by atoms with van der Waals surface area (Å²) >= 11 is 0. The minimum Gasteiger partial charge on any atom is -0.508 e. The molecule has 0 aliphatic heterocycles. The zero-order chi connectivity index (χ0) is 21.3. The van der Waals surface area contributed by atoms with Crippen molar-refractivity contribution in [3.63, 3.8) is 0 Å². The molecular weight excluding hydrogens is 356 g/mol. The summed E-state index contributed by atoms with van der Waals surface area (Å²) in [6.07, 6.45) is 18.2. The highest BCUT2D eigenvalue weighted by Crippen LogP contribution is 2.49. The Balaban J connectivity index is 1.67. The van der Waals surface area contributed by atoms with Crippen LogP contribution >= 0.6 is 0 Å². The molecule has 0 aromatic heterocycles. The van der Waals surface area contributed by atoms with E-state index in [4.69, 9.17) is 0 Å². The first kappa shape index (κ1) is 24.1. The number of benzene rings is 1. The van der Waals surface area contributed by atoms with Crippen molar-refractivity contribution in [1.82, 2.24) is 0 Å². The van der Waals surface area contributed by atoms with Gasteiger partial charge in [-0.05, 0) is 73.8 Å². The summed E-state index contributed by atoms with van der Waals surface area (Å²) in [7, 11) is 0. The number of phenolic OH excluding ortho intramolecular Hbond substituents is 2. The fourth-order valence-electron chi connectivity index (χ4n) is 4.24. The summed E-state index contributed by atoms with van der Waals surface area (Å²) in [5.74, 6) is 0.612. The van der Waals surface area contributed by atoms with Crippen LogP contribution in [-0.2, 0) is 12.8 Å². The molecule has 1 saturated carbocycles. The first-order chi connectivity index (χ1) is 13.8. The highest BCUT2D eigenvalue weighted by Gasteiger charge is 2.35. The highest BCUT2D eigenvalue weighted by atomic mass is 16.3. The van der Waals surface area contributed by atoms with Gasteiger partial charge in [0.05, 0.1) is 0 Å². The Hall–Kier alpha value is -1.18. The first-order valence-electron chi connectivity index (χ1n) is 12.3. The van der Waals surface area contributed by atoms with E-state index in [2.05, 4.69) is 27.7 Å². The smallest absolute Gasteiger partial charge is 0.125 e. The lowest BCUT2D eigenvalue weighted by Crippen LogP contribution is -2.08. The van der Waals surface area contributed by atoms with Crippen LogP contribution in [0.1, 0.15) is 122 Å². The van der Waals surface area contributed by atoms with Gasteiger partial charge in [-0.3, -0.25) is 0 Å². The molecule has 1 aliphatic carbocycles. The van der Waals surface area contributed by atoms with Crippen molar-refractivity contribution in [3.05, 3.63) is 23.3 Å². The molecule has 0 atom stereocenters.